The Kier molecular flexibility index (Phi) is 3.79. The second-order valence-corrected chi connectivity index (χ2v) is 3.14. The second-order valence-electron chi connectivity index (χ2n) is 3.14. The molecule has 6 nitrogen and oxygen atoms in total. The first-order valence-electron chi connectivity index (χ1n) is 4.75. The van der Waals surface area contributed by atoms with Gasteiger partial charge in [0.05, 0.1) is 13.2 Å². The highest BCUT2D eigenvalue weighted by molar-refractivity contribution is 6.14. The van der Waals surface area contributed by atoms with Crippen molar-refractivity contribution >= 4 is 17.8 Å². The number of carbonyl (C=O) groups is 3. The number of hydrogen-bond donors (Lipinski definition) is 0. The second kappa shape index (κ2) is 4.88. The van der Waals surface area contributed by atoms with Gasteiger partial charge in [-0.3, -0.25) is 19.4 Å². The Morgan fingerprint density at radius 3 is 2.33 bits per heavy atom. The van der Waals surface area contributed by atoms with Gasteiger partial charge in [-0.1, -0.05) is 0 Å². The summed E-state index contributed by atoms with van der Waals surface area (Å²) in [6.07, 6.45) is -0.233. The predicted molar refractivity (Wildman–Crippen MR) is 51.0 cm³/mol. The molecule has 0 aromatic rings. The van der Waals surface area contributed by atoms with Crippen LogP contribution in [-0.2, 0) is 14.3 Å². The SMILES string of the molecule is CCN1C(=O)CC(=O)N(CCOC)C1=O. The number of rotatable bonds is 4. The number of imide groups is 2. The topological polar surface area (TPSA) is 66.9 Å². The number of barbiturate groups is 1. The zero-order valence-corrected chi connectivity index (χ0v) is 8.86. The smallest absolute Gasteiger partial charge is 0.333 e. The quantitative estimate of drug-likeness (QED) is 0.609. The summed E-state index contributed by atoms with van der Waals surface area (Å²) in [7, 11) is 1.49. The van der Waals surface area contributed by atoms with Crippen molar-refractivity contribution in [2.45, 2.75) is 13.3 Å². The number of urea groups is 1. The van der Waals surface area contributed by atoms with E-state index in [1.54, 1.807) is 6.92 Å². The summed E-state index contributed by atoms with van der Waals surface area (Å²) in [5, 5.41) is 0. The molecule has 1 heterocycles. The molecule has 1 saturated heterocycles. The summed E-state index contributed by atoms with van der Waals surface area (Å²) in [5.74, 6) is -0.882. The number of carbonyl (C=O) groups excluding carboxylic acids is 3. The largest absolute Gasteiger partial charge is 0.383 e. The number of methoxy groups -OCH3 is 1. The maximum atomic E-state index is 11.6. The van der Waals surface area contributed by atoms with Gasteiger partial charge < -0.3 is 4.74 Å². The number of amides is 4. The fraction of sp³-hybridized carbons (Fsp3) is 0.667. The van der Waals surface area contributed by atoms with Crippen LogP contribution in [0.2, 0.25) is 0 Å². The van der Waals surface area contributed by atoms with Crippen LogP contribution in [-0.4, -0.2) is 54.5 Å². The summed E-state index contributed by atoms with van der Waals surface area (Å²) >= 11 is 0. The van der Waals surface area contributed by atoms with Gasteiger partial charge >= 0.3 is 6.03 Å². The molecule has 0 saturated carbocycles. The molecule has 4 amide bonds. The van der Waals surface area contributed by atoms with Gasteiger partial charge in [-0.25, -0.2) is 4.79 Å². The molecular formula is C9H14N2O4. The Hall–Kier alpha value is -1.43. The lowest BCUT2D eigenvalue weighted by atomic mass is 10.2. The molecule has 1 rings (SSSR count). The van der Waals surface area contributed by atoms with Crippen molar-refractivity contribution in [2.24, 2.45) is 0 Å². The first-order chi connectivity index (χ1) is 7.11. The van der Waals surface area contributed by atoms with Crippen LogP contribution in [0.15, 0.2) is 0 Å². The van der Waals surface area contributed by atoms with E-state index >= 15 is 0 Å². The van der Waals surface area contributed by atoms with Gasteiger partial charge in [0.1, 0.15) is 6.42 Å². The Morgan fingerprint density at radius 1 is 1.20 bits per heavy atom. The van der Waals surface area contributed by atoms with Gasteiger partial charge in [-0.05, 0) is 6.92 Å². The third-order valence-electron chi connectivity index (χ3n) is 2.20. The molecule has 15 heavy (non-hydrogen) atoms. The highest BCUT2D eigenvalue weighted by Crippen LogP contribution is 2.11. The van der Waals surface area contributed by atoms with Crippen LogP contribution < -0.4 is 0 Å². The average Bonchev–Trinajstić information content (AvgIpc) is 2.17. The van der Waals surface area contributed by atoms with Crippen LogP contribution in [0.4, 0.5) is 4.79 Å². The minimum absolute atomic E-state index is 0.192. The maximum absolute atomic E-state index is 11.6. The molecule has 1 aliphatic rings. The predicted octanol–water partition coefficient (Wildman–Crippen LogP) is -0.166. The Morgan fingerprint density at radius 2 is 1.80 bits per heavy atom. The molecule has 0 aromatic carbocycles. The molecule has 0 N–H and O–H groups in total. The lowest BCUT2D eigenvalue weighted by Gasteiger charge is -2.31. The van der Waals surface area contributed by atoms with Crippen LogP contribution in [0, 0.1) is 0 Å². The molecule has 0 unspecified atom stereocenters. The summed E-state index contributed by atoms with van der Waals surface area (Å²) in [5.41, 5.74) is 0. The first kappa shape index (κ1) is 11.6. The van der Waals surface area contributed by atoms with Gasteiger partial charge in [0.25, 0.3) is 0 Å². The van der Waals surface area contributed by atoms with Crippen molar-refractivity contribution in [1.82, 2.24) is 9.80 Å². The average molecular weight is 214 g/mol. The highest BCUT2D eigenvalue weighted by atomic mass is 16.5. The molecule has 0 spiro atoms. The Balaban J connectivity index is 2.74. The van der Waals surface area contributed by atoms with Gasteiger partial charge in [0.15, 0.2) is 0 Å². The van der Waals surface area contributed by atoms with Gasteiger partial charge in [-0.15, -0.1) is 0 Å². The lowest BCUT2D eigenvalue weighted by molar-refractivity contribution is -0.142. The first-order valence-corrected chi connectivity index (χ1v) is 4.75. The number of hydrogen-bond acceptors (Lipinski definition) is 4. The molecule has 1 aliphatic heterocycles. The van der Waals surface area contributed by atoms with E-state index in [4.69, 9.17) is 4.74 Å². The van der Waals surface area contributed by atoms with Crippen molar-refractivity contribution in [3.63, 3.8) is 0 Å². The van der Waals surface area contributed by atoms with Gasteiger partial charge in [0, 0.05) is 13.7 Å². The highest BCUT2D eigenvalue weighted by Gasteiger charge is 2.36. The normalized spacial score (nSPS) is 17.6. The summed E-state index contributed by atoms with van der Waals surface area (Å²) in [4.78, 5) is 36.4. The molecule has 6 heteroatoms. The van der Waals surface area contributed by atoms with E-state index in [1.807, 2.05) is 0 Å². The van der Waals surface area contributed by atoms with Gasteiger partial charge in [-0.2, -0.15) is 0 Å². The van der Waals surface area contributed by atoms with Crippen LogP contribution in [0.25, 0.3) is 0 Å². The van der Waals surface area contributed by atoms with Gasteiger partial charge in [0.2, 0.25) is 11.8 Å². The monoisotopic (exact) mass is 214 g/mol. The standard InChI is InChI=1S/C9H14N2O4/c1-3-10-7(12)6-8(13)11(9(10)14)4-5-15-2/h3-6H2,1-2H3. The third kappa shape index (κ3) is 2.33. The van der Waals surface area contributed by atoms with Crippen molar-refractivity contribution in [3.05, 3.63) is 0 Å². The lowest BCUT2D eigenvalue weighted by Crippen LogP contribution is -2.55. The van der Waals surface area contributed by atoms with E-state index in [2.05, 4.69) is 0 Å². The molecule has 1 fully saturated rings. The van der Waals surface area contributed by atoms with Crippen molar-refractivity contribution < 1.29 is 19.1 Å². The number of nitrogens with zero attached hydrogens (tertiary/aromatic N) is 2. The molecule has 0 aliphatic carbocycles. The number of ether oxygens (including phenoxy) is 1. The zero-order valence-electron chi connectivity index (χ0n) is 8.86. The fourth-order valence-corrected chi connectivity index (χ4v) is 1.39. The van der Waals surface area contributed by atoms with E-state index in [1.165, 1.54) is 7.11 Å². The Bertz CT molecular complexity index is 290. The van der Waals surface area contributed by atoms with E-state index in [-0.39, 0.29) is 26.1 Å². The van der Waals surface area contributed by atoms with Crippen LogP contribution in [0.1, 0.15) is 13.3 Å². The zero-order chi connectivity index (χ0) is 11.4. The van der Waals surface area contributed by atoms with E-state index < -0.39 is 17.8 Å². The van der Waals surface area contributed by atoms with Crippen LogP contribution in [0.3, 0.4) is 0 Å². The fourth-order valence-electron chi connectivity index (χ4n) is 1.39. The van der Waals surface area contributed by atoms with Crippen LogP contribution in [0.5, 0.6) is 0 Å². The van der Waals surface area contributed by atoms with Crippen molar-refractivity contribution in [1.29, 1.82) is 0 Å². The van der Waals surface area contributed by atoms with E-state index in [9.17, 15) is 14.4 Å². The minimum atomic E-state index is -0.546. The molecule has 0 bridgehead atoms. The van der Waals surface area contributed by atoms with Crippen molar-refractivity contribution in [3.8, 4) is 0 Å². The van der Waals surface area contributed by atoms with E-state index in [0.29, 0.717) is 0 Å². The van der Waals surface area contributed by atoms with Crippen molar-refractivity contribution in [2.75, 3.05) is 26.8 Å². The molecule has 0 atom stereocenters. The maximum Gasteiger partial charge on any atom is 0.333 e. The summed E-state index contributed by atoms with van der Waals surface area (Å²) in [6, 6.07) is -0.546. The third-order valence-corrected chi connectivity index (χ3v) is 2.20. The molecule has 84 valence electrons. The molecular weight excluding hydrogens is 200 g/mol. The summed E-state index contributed by atoms with van der Waals surface area (Å²) < 4.78 is 4.79. The minimum Gasteiger partial charge on any atom is -0.383 e. The van der Waals surface area contributed by atoms with E-state index in [0.717, 1.165) is 9.80 Å². The summed E-state index contributed by atoms with van der Waals surface area (Å²) in [6.45, 7) is 2.45. The Labute approximate surface area is 87.8 Å². The molecule has 0 aromatic heterocycles. The van der Waals surface area contributed by atoms with Crippen LogP contribution >= 0.6 is 0 Å². The molecule has 0 radical (unpaired) electrons.